The molecule has 204 valence electrons. The number of carbonyl (C=O) groups is 3. The Morgan fingerprint density at radius 1 is 1.08 bits per heavy atom. The van der Waals surface area contributed by atoms with Crippen LogP contribution in [-0.4, -0.2) is 82.7 Å². The van der Waals surface area contributed by atoms with Crippen LogP contribution in [0.4, 0.5) is 5.69 Å². The fourth-order valence-electron chi connectivity index (χ4n) is 6.96. The van der Waals surface area contributed by atoms with Crippen LogP contribution in [0.25, 0.3) is 0 Å². The van der Waals surface area contributed by atoms with Gasteiger partial charge in [0.05, 0.1) is 40.8 Å². The highest BCUT2D eigenvalue weighted by molar-refractivity contribution is 6.34. The van der Waals surface area contributed by atoms with Crippen molar-refractivity contribution in [1.29, 1.82) is 0 Å². The zero-order chi connectivity index (χ0) is 27.6. The number of ether oxygens (including phenoxy) is 1. The van der Waals surface area contributed by atoms with Crippen LogP contribution in [0.2, 0.25) is 5.02 Å². The summed E-state index contributed by atoms with van der Waals surface area (Å²) in [5, 5.41) is 10.9. The second kappa shape index (κ2) is 9.50. The molecule has 38 heavy (non-hydrogen) atoms. The van der Waals surface area contributed by atoms with Gasteiger partial charge in [0, 0.05) is 20.1 Å². The number of hydrogen-bond acceptors (Lipinski definition) is 5. The van der Waals surface area contributed by atoms with E-state index in [1.54, 1.807) is 22.9 Å². The minimum atomic E-state index is -1.37. The molecule has 0 aliphatic carbocycles. The second-order valence-electron chi connectivity index (χ2n) is 11.6. The maximum Gasteiger partial charge on any atom is 0.253 e. The van der Waals surface area contributed by atoms with E-state index in [2.05, 4.69) is 0 Å². The summed E-state index contributed by atoms with van der Waals surface area (Å²) >= 11 is 6.60. The highest BCUT2D eigenvalue weighted by Gasteiger charge is 2.75. The summed E-state index contributed by atoms with van der Waals surface area (Å²) in [5.74, 6) is -2.43. The van der Waals surface area contributed by atoms with E-state index in [9.17, 15) is 19.5 Å². The van der Waals surface area contributed by atoms with E-state index in [-0.39, 0.29) is 36.8 Å². The van der Waals surface area contributed by atoms with Crippen LogP contribution in [0.15, 0.2) is 42.5 Å². The Hall–Kier alpha value is -2.68. The Bertz CT molecular complexity index is 1210. The zero-order valence-corrected chi connectivity index (χ0v) is 23.3. The van der Waals surface area contributed by atoms with Gasteiger partial charge in [-0.3, -0.25) is 14.4 Å². The number of likely N-dealkylation sites (tertiary alicyclic amines) is 1. The fourth-order valence-corrected chi connectivity index (χ4v) is 7.29. The molecular formula is C29H36ClN3O5. The van der Waals surface area contributed by atoms with Gasteiger partial charge in [-0.2, -0.15) is 0 Å². The molecule has 0 radical (unpaired) electrons. The van der Waals surface area contributed by atoms with Gasteiger partial charge in [0.2, 0.25) is 11.8 Å². The zero-order valence-electron chi connectivity index (χ0n) is 22.6. The Morgan fingerprint density at radius 3 is 2.45 bits per heavy atom. The van der Waals surface area contributed by atoms with Gasteiger partial charge in [-0.25, -0.2) is 0 Å². The predicted octanol–water partition coefficient (Wildman–Crippen LogP) is 2.96. The molecule has 4 aliphatic rings. The molecule has 4 heterocycles. The van der Waals surface area contributed by atoms with Crippen LogP contribution in [-0.2, 0) is 19.1 Å². The molecule has 1 aromatic carbocycles. The lowest BCUT2D eigenvalue weighted by Crippen LogP contribution is -2.59. The van der Waals surface area contributed by atoms with Crippen molar-refractivity contribution in [1.82, 2.24) is 9.80 Å². The Morgan fingerprint density at radius 2 is 1.79 bits per heavy atom. The molecule has 6 atom stereocenters. The first-order chi connectivity index (χ1) is 18.0. The number of halogens is 1. The van der Waals surface area contributed by atoms with Gasteiger partial charge in [-0.05, 0) is 37.8 Å². The number of fused-ring (bicyclic) bond motifs is 2. The smallest absolute Gasteiger partial charge is 0.253 e. The van der Waals surface area contributed by atoms with Crippen LogP contribution < -0.4 is 4.90 Å². The summed E-state index contributed by atoms with van der Waals surface area (Å²) in [7, 11) is 1.71. The summed E-state index contributed by atoms with van der Waals surface area (Å²) in [6.07, 6.45) is 7.89. The monoisotopic (exact) mass is 541 g/mol. The highest BCUT2D eigenvalue weighted by Crippen LogP contribution is 2.58. The Kier molecular flexibility index (Phi) is 6.73. The number of anilines is 1. The molecule has 2 fully saturated rings. The first-order valence-corrected chi connectivity index (χ1v) is 13.6. The number of likely N-dealkylation sites (N-methyl/N-ethyl adjacent to an activating group) is 1. The van der Waals surface area contributed by atoms with E-state index in [4.69, 9.17) is 16.3 Å². The number of rotatable bonds is 5. The molecule has 0 saturated carbocycles. The first kappa shape index (κ1) is 26.9. The lowest BCUT2D eigenvalue weighted by Gasteiger charge is -2.40. The van der Waals surface area contributed by atoms with Gasteiger partial charge in [-0.15, -0.1) is 0 Å². The molecule has 2 saturated heterocycles. The average Bonchev–Trinajstić information content (AvgIpc) is 3.13. The minimum absolute atomic E-state index is 0.162. The average molecular weight is 542 g/mol. The van der Waals surface area contributed by atoms with Crippen molar-refractivity contribution in [3.63, 3.8) is 0 Å². The highest BCUT2D eigenvalue weighted by atomic mass is 35.5. The van der Waals surface area contributed by atoms with Crippen molar-refractivity contribution in [3.05, 3.63) is 53.1 Å². The van der Waals surface area contributed by atoms with E-state index >= 15 is 0 Å². The minimum Gasteiger partial charge on any atom is -0.394 e. The molecule has 0 aromatic heterocycles. The largest absolute Gasteiger partial charge is 0.394 e. The number of amides is 3. The normalized spacial score (nSPS) is 33.4. The lowest BCUT2D eigenvalue weighted by molar-refractivity contribution is -0.151. The molecule has 5 rings (SSSR count). The quantitative estimate of drug-likeness (QED) is 0.579. The lowest BCUT2D eigenvalue weighted by atomic mass is 9.74. The molecule has 8 nitrogen and oxygen atoms in total. The number of carbonyl (C=O) groups excluding carboxylic acids is 3. The van der Waals surface area contributed by atoms with Crippen LogP contribution in [0.5, 0.6) is 0 Å². The third-order valence-electron chi connectivity index (χ3n) is 8.50. The molecule has 3 amide bonds. The van der Waals surface area contributed by atoms with Crippen molar-refractivity contribution >= 4 is 35.0 Å². The molecule has 1 unspecified atom stereocenters. The van der Waals surface area contributed by atoms with Crippen molar-refractivity contribution in [2.75, 3.05) is 31.6 Å². The van der Waals surface area contributed by atoms with Gasteiger partial charge in [0.1, 0.15) is 11.6 Å². The van der Waals surface area contributed by atoms with E-state index in [1.165, 1.54) is 4.90 Å². The van der Waals surface area contributed by atoms with E-state index in [0.717, 1.165) is 5.56 Å². The first-order valence-electron chi connectivity index (χ1n) is 13.3. The van der Waals surface area contributed by atoms with Crippen LogP contribution in [0, 0.1) is 24.7 Å². The van der Waals surface area contributed by atoms with Gasteiger partial charge in [-0.1, -0.05) is 61.9 Å². The molecule has 4 aliphatic heterocycles. The second-order valence-corrected chi connectivity index (χ2v) is 12.0. The van der Waals surface area contributed by atoms with Gasteiger partial charge < -0.3 is 24.5 Å². The standard InChI is InChI=1S/C29H36ClN3O5/c1-17(2)15-19(16-34)33-24-27(37)32(23-18(3)9-6-10-20(23)30)14-8-12-29(24)22(26(33)36)21-25(35)31(5)13-7-11-28(21,4)38-29/h6-12,17,19,21-22,24,34H,13-16H2,1-5H3/t19-,21-,22+,24?,28+,29+/m1/s1. The van der Waals surface area contributed by atoms with E-state index in [0.29, 0.717) is 23.7 Å². The van der Waals surface area contributed by atoms with Gasteiger partial charge in [0.15, 0.2) is 0 Å². The van der Waals surface area contributed by atoms with Crippen LogP contribution >= 0.6 is 11.6 Å². The maximum atomic E-state index is 14.6. The summed E-state index contributed by atoms with van der Waals surface area (Å²) in [4.78, 5) is 47.5. The number of aliphatic hydroxyl groups excluding tert-OH is 1. The summed E-state index contributed by atoms with van der Waals surface area (Å²) < 4.78 is 6.82. The van der Waals surface area contributed by atoms with Crippen molar-refractivity contribution < 1.29 is 24.2 Å². The van der Waals surface area contributed by atoms with Crippen LogP contribution in [0.1, 0.15) is 32.8 Å². The van der Waals surface area contributed by atoms with Gasteiger partial charge in [0.25, 0.3) is 5.91 Å². The molecule has 1 spiro atoms. The van der Waals surface area contributed by atoms with Crippen LogP contribution in [0.3, 0.4) is 0 Å². The molecule has 1 N–H and O–H groups in total. The van der Waals surface area contributed by atoms with Crippen molar-refractivity contribution in [2.45, 2.75) is 57.4 Å². The molecular weight excluding hydrogens is 506 g/mol. The number of para-hydroxylation sites is 1. The molecule has 9 heteroatoms. The van der Waals surface area contributed by atoms with E-state index < -0.39 is 35.1 Å². The summed E-state index contributed by atoms with van der Waals surface area (Å²) in [6.45, 7) is 8.07. The third kappa shape index (κ3) is 3.83. The SMILES string of the molecule is Cc1cccc(Cl)c1N1CC=C[C@]23O[C@@]4(C)C=CCN(C)C(=O)[C@H]4[C@H]2C(=O)N([C@@H](CO)CC(C)C)C3C1=O. The fraction of sp³-hybridized carbons (Fsp3) is 0.552. The number of hydrogen-bond donors (Lipinski definition) is 1. The summed E-state index contributed by atoms with van der Waals surface area (Å²) in [5.41, 5.74) is -1.04. The molecule has 1 aromatic rings. The topological polar surface area (TPSA) is 90.4 Å². The summed E-state index contributed by atoms with van der Waals surface area (Å²) in [6, 6.07) is 3.78. The number of benzene rings is 1. The molecule has 0 bridgehead atoms. The number of aliphatic hydroxyl groups is 1. The predicted molar refractivity (Wildman–Crippen MR) is 145 cm³/mol. The van der Waals surface area contributed by atoms with Crippen molar-refractivity contribution in [2.24, 2.45) is 17.8 Å². The van der Waals surface area contributed by atoms with Crippen molar-refractivity contribution in [3.8, 4) is 0 Å². The van der Waals surface area contributed by atoms with Gasteiger partial charge >= 0.3 is 0 Å². The maximum absolute atomic E-state index is 14.6. The number of aryl methyl sites for hydroxylation is 1. The third-order valence-corrected chi connectivity index (χ3v) is 8.81. The van der Waals surface area contributed by atoms with E-state index in [1.807, 2.05) is 64.1 Å². The number of nitrogens with zero attached hydrogens (tertiary/aromatic N) is 3. The Labute approximate surface area is 228 Å². The Balaban J connectivity index is 1.71.